The SMILES string of the molecule is COc1ccc2ccnc(C(CN3CCC(N(Cc4ccc5c(c4)OCCO5)C(=O)OC(C)(C)C)CC3)OCC(=O)OC(C)(C)C)c2c1. The number of ether oxygens (including phenoxy) is 6. The molecule has 3 aromatic rings. The van der Waals surface area contributed by atoms with Gasteiger partial charge in [-0.1, -0.05) is 12.1 Å². The molecule has 2 aromatic carbocycles. The summed E-state index contributed by atoms with van der Waals surface area (Å²) < 4.78 is 34.7. The Hall–Kier alpha value is -4.09. The lowest BCUT2D eigenvalue weighted by molar-refractivity contribution is -0.162. The molecule has 0 radical (unpaired) electrons. The predicted octanol–water partition coefficient (Wildman–Crippen LogP) is 6.32. The minimum Gasteiger partial charge on any atom is -0.497 e. The monoisotopic (exact) mass is 663 g/mol. The van der Waals surface area contributed by atoms with Crippen LogP contribution in [0, 0.1) is 0 Å². The van der Waals surface area contributed by atoms with Crippen molar-refractivity contribution in [3.63, 3.8) is 0 Å². The Kier molecular flexibility index (Phi) is 11.0. The topological polar surface area (TPSA) is 109 Å². The molecule has 1 fully saturated rings. The second-order valence-corrected chi connectivity index (χ2v) is 14.3. The van der Waals surface area contributed by atoms with E-state index in [1.165, 1.54) is 0 Å². The molecular formula is C37H49N3O8. The second kappa shape index (κ2) is 15.0. The molecule has 2 aliphatic rings. The number of hydrogen-bond acceptors (Lipinski definition) is 10. The van der Waals surface area contributed by atoms with E-state index in [-0.39, 0.29) is 18.7 Å². The Morgan fingerprint density at radius 3 is 2.33 bits per heavy atom. The van der Waals surface area contributed by atoms with Crippen molar-refractivity contribution in [2.24, 2.45) is 0 Å². The smallest absolute Gasteiger partial charge is 0.410 e. The highest BCUT2D eigenvalue weighted by molar-refractivity contribution is 5.86. The molecule has 11 heteroatoms. The van der Waals surface area contributed by atoms with Gasteiger partial charge in [0.25, 0.3) is 0 Å². The van der Waals surface area contributed by atoms with Gasteiger partial charge in [-0.2, -0.15) is 0 Å². The zero-order valence-corrected chi connectivity index (χ0v) is 29.2. The number of carbonyl (C=O) groups is 2. The number of nitrogens with zero attached hydrogens (tertiary/aromatic N) is 3. The molecule has 48 heavy (non-hydrogen) atoms. The van der Waals surface area contributed by atoms with Gasteiger partial charge in [0.2, 0.25) is 0 Å². The van der Waals surface area contributed by atoms with E-state index in [0.717, 1.165) is 34.9 Å². The highest BCUT2D eigenvalue weighted by Gasteiger charge is 2.33. The molecule has 1 unspecified atom stereocenters. The molecule has 5 rings (SSSR count). The van der Waals surface area contributed by atoms with E-state index in [1.807, 2.05) is 88.9 Å². The molecule has 3 heterocycles. The fraction of sp³-hybridized carbons (Fsp3) is 0.541. The van der Waals surface area contributed by atoms with Gasteiger partial charge in [0.1, 0.15) is 42.9 Å². The van der Waals surface area contributed by atoms with Crippen molar-refractivity contribution >= 4 is 22.8 Å². The molecule has 1 amide bonds. The first kappa shape index (κ1) is 35.2. The summed E-state index contributed by atoms with van der Waals surface area (Å²) in [5, 5.41) is 1.90. The van der Waals surface area contributed by atoms with Gasteiger partial charge in [-0.3, -0.25) is 4.98 Å². The third-order valence-electron chi connectivity index (χ3n) is 8.14. The van der Waals surface area contributed by atoms with Gasteiger partial charge in [0, 0.05) is 43.8 Å². The van der Waals surface area contributed by atoms with Crippen LogP contribution in [-0.4, -0.2) is 90.7 Å². The Morgan fingerprint density at radius 2 is 1.65 bits per heavy atom. The van der Waals surface area contributed by atoms with Gasteiger partial charge in [-0.15, -0.1) is 0 Å². The Labute approximate surface area is 283 Å². The zero-order chi connectivity index (χ0) is 34.5. The number of carbonyl (C=O) groups excluding carboxylic acids is 2. The minimum atomic E-state index is -0.629. The second-order valence-electron chi connectivity index (χ2n) is 14.3. The van der Waals surface area contributed by atoms with Gasteiger partial charge in [-0.05, 0) is 95.7 Å². The van der Waals surface area contributed by atoms with Crippen molar-refractivity contribution in [2.45, 2.75) is 84.3 Å². The normalized spacial score (nSPS) is 16.3. The molecule has 1 aromatic heterocycles. The summed E-state index contributed by atoms with van der Waals surface area (Å²) in [6, 6.07) is 13.6. The summed E-state index contributed by atoms with van der Waals surface area (Å²) in [5.41, 5.74) is 0.421. The predicted molar refractivity (Wildman–Crippen MR) is 182 cm³/mol. The van der Waals surface area contributed by atoms with Crippen LogP contribution < -0.4 is 14.2 Å². The molecule has 0 spiro atoms. The summed E-state index contributed by atoms with van der Waals surface area (Å²) >= 11 is 0. The summed E-state index contributed by atoms with van der Waals surface area (Å²) in [4.78, 5) is 35.1. The Balaban J connectivity index is 1.32. The fourth-order valence-electron chi connectivity index (χ4n) is 6.01. The van der Waals surface area contributed by atoms with E-state index in [0.29, 0.717) is 56.6 Å². The van der Waals surface area contributed by atoms with Gasteiger partial charge >= 0.3 is 12.1 Å². The van der Waals surface area contributed by atoms with Gasteiger partial charge in [0.05, 0.1) is 12.8 Å². The van der Waals surface area contributed by atoms with Crippen LogP contribution in [0.25, 0.3) is 10.8 Å². The molecule has 0 bridgehead atoms. The summed E-state index contributed by atoms with van der Waals surface area (Å²) in [6.45, 7) is 14.3. The van der Waals surface area contributed by atoms with E-state index in [9.17, 15) is 9.59 Å². The average Bonchev–Trinajstić information content (AvgIpc) is 3.03. The number of esters is 1. The number of fused-ring (bicyclic) bond motifs is 2. The molecule has 260 valence electrons. The van der Waals surface area contributed by atoms with Crippen LogP contribution in [0.3, 0.4) is 0 Å². The molecule has 0 saturated carbocycles. The highest BCUT2D eigenvalue weighted by atomic mass is 16.6. The molecule has 1 atom stereocenters. The highest BCUT2D eigenvalue weighted by Crippen LogP contribution is 2.33. The number of amides is 1. The van der Waals surface area contributed by atoms with Gasteiger partial charge in [-0.25, -0.2) is 9.59 Å². The van der Waals surface area contributed by atoms with Crippen LogP contribution in [0.2, 0.25) is 0 Å². The molecular weight excluding hydrogens is 614 g/mol. The minimum absolute atomic E-state index is 0.0367. The van der Waals surface area contributed by atoms with E-state index >= 15 is 0 Å². The summed E-state index contributed by atoms with van der Waals surface area (Å²) in [6.07, 6.45) is 2.38. The largest absolute Gasteiger partial charge is 0.497 e. The Morgan fingerprint density at radius 1 is 0.938 bits per heavy atom. The van der Waals surface area contributed by atoms with Crippen molar-refractivity contribution in [1.82, 2.24) is 14.8 Å². The average molecular weight is 664 g/mol. The van der Waals surface area contributed by atoms with Crippen LogP contribution in [0.4, 0.5) is 4.79 Å². The van der Waals surface area contributed by atoms with E-state index in [2.05, 4.69) is 4.90 Å². The number of likely N-dealkylation sites (tertiary alicyclic amines) is 1. The summed E-state index contributed by atoms with van der Waals surface area (Å²) in [7, 11) is 1.63. The third-order valence-corrected chi connectivity index (χ3v) is 8.14. The first-order valence-corrected chi connectivity index (χ1v) is 16.6. The van der Waals surface area contributed by atoms with E-state index in [4.69, 9.17) is 33.4 Å². The quantitative estimate of drug-likeness (QED) is 0.229. The van der Waals surface area contributed by atoms with Crippen molar-refractivity contribution in [3.05, 3.63) is 59.9 Å². The maximum atomic E-state index is 13.6. The zero-order valence-electron chi connectivity index (χ0n) is 29.2. The van der Waals surface area contributed by atoms with Crippen LogP contribution in [0.15, 0.2) is 48.7 Å². The maximum absolute atomic E-state index is 13.6. The standard InChI is InChI=1S/C37H49N3O8/c1-36(2,3)47-33(41)24-46-32(34-29-21-28(43-7)10-9-26(29)12-15-38-34)23-39-16-13-27(14-17-39)40(35(42)48-37(4,5)6)22-25-8-11-30-31(20-25)45-19-18-44-30/h8-12,15,20-21,27,32H,13-14,16-19,22-24H2,1-7H3. The first-order valence-electron chi connectivity index (χ1n) is 16.6. The number of methoxy groups -OCH3 is 1. The number of benzene rings is 2. The van der Waals surface area contributed by atoms with Crippen LogP contribution in [0.1, 0.15) is 71.7 Å². The number of aromatic nitrogens is 1. The lowest BCUT2D eigenvalue weighted by atomic mass is 10.0. The van der Waals surface area contributed by atoms with Crippen LogP contribution >= 0.6 is 0 Å². The maximum Gasteiger partial charge on any atom is 0.410 e. The van der Waals surface area contributed by atoms with Crippen molar-refractivity contribution in [2.75, 3.05) is 46.6 Å². The number of rotatable bonds is 10. The van der Waals surface area contributed by atoms with Crippen molar-refractivity contribution in [3.8, 4) is 17.2 Å². The van der Waals surface area contributed by atoms with E-state index < -0.39 is 23.3 Å². The number of pyridine rings is 1. The molecule has 11 nitrogen and oxygen atoms in total. The van der Waals surface area contributed by atoms with Crippen LogP contribution in [0.5, 0.6) is 17.2 Å². The molecule has 0 N–H and O–H groups in total. The number of piperidine rings is 1. The summed E-state index contributed by atoms with van der Waals surface area (Å²) in [5.74, 6) is 1.68. The first-order chi connectivity index (χ1) is 22.8. The lowest BCUT2D eigenvalue weighted by Gasteiger charge is -2.40. The van der Waals surface area contributed by atoms with Gasteiger partial charge in [0.15, 0.2) is 11.5 Å². The third kappa shape index (κ3) is 9.50. The van der Waals surface area contributed by atoms with Crippen molar-refractivity contribution in [1.29, 1.82) is 0 Å². The van der Waals surface area contributed by atoms with Crippen molar-refractivity contribution < 1.29 is 38.0 Å². The van der Waals surface area contributed by atoms with Crippen LogP contribution in [-0.2, 0) is 25.5 Å². The molecule has 1 saturated heterocycles. The molecule has 0 aliphatic carbocycles. The van der Waals surface area contributed by atoms with E-state index in [1.54, 1.807) is 13.3 Å². The van der Waals surface area contributed by atoms with Gasteiger partial charge < -0.3 is 38.2 Å². The fourth-order valence-corrected chi connectivity index (χ4v) is 6.01. The number of hydrogen-bond donors (Lipinski definition) is 0. The molecule has 2 aliphatic heterocycles. The Bertz CT molecular complexity index is 1570. The lowest BCUT2D eigenvalue weighted by Crippen LogP contribution is -2.49.